The van der Waals surface area contributed by atoms with Crippen molar-refractivity contribution in [3.63, 3.8) is 0 Å². The van der Waals surface area contributed by atoms with E-state index in [1.54, 1.807) is 11.3 Å². The second kappa shape index (κ2) is 10.7. The molecule has 0 radical (unpaired) electrons. The van der Waals surface area contributed by atoms with Crippen LogP contribution in [0.5, 0.6) is 0 Å². The number of nitrogens with zero attached hydrogens (tertiary/aromatic N) is 4. The van der Waals surface area contributed by atoms with Crippen LogP contribution in [0.3, 0.4) is 0 Å². The summed E-state index contributed by atoms with van der Waals surface area (Å²) in [6, 6.07) is 50.0. The van der Waals surface area contributed by atoms with Crippen LogP contribution in [0.15, 0.2) is 150 Å². The minimum Gasteiger partial charge on any atom is -0.456 e. The SMILES string of the molecule is c1ccc(-c2nc(-c3ccc4ccc5ccccc5c4c3)nc(-c3cccc4oc5cc6nc(-c7ccccc7)sc6cc5c34)n2)cc1. The highest BCUT2D eigenvalue weighted by molar-refractivity contribution is 7.21. The zero-order chi connectivity index (χ0) is 31.6. The van der Waals surface area contributed by atoms with Crippen LogP contribution in [0, 0.1) is 0 Å². The predicted molar refractivity (Wildman–Crippen MR) is 197 cm³/mol. The summed E-state index contributed by atoms with van der Waals surface area (Å²) < 4.78 is 7.55. The number of hydrogen-bond acceptors (Lipinski definition) is 6. The third-order valence-corrected chi connectivity index (χ3v) is 10.0. The Kier molecular flexibility index (Phi) is 5.98. The highest BCUT2D eigenvalue weighted by atomic mass is 32.1. The van der Waals surface area contributed by atoms with E-state index in [0.29, 0.717) is 17.5 Å². The predicted octanol–water partition coefficient (Wildman–Crippen LogP) is 11.4. The van der Waals surface area contributed by atoms with Crippen molar-refractivity contribution >= 4 is 65.0 Å². The molecule has 10 aromatic rings. The Morgan fingerprint density at radius 1 is 0.438 bits per heavy atom. The first kappa shape index (κ1) is 26.9. The van der Waals surface area contributed by atoms with Crippen LogP contribution in [-0.4, -0.2) is 19.9 Å². The standard InChI is InChI=1S/C42H24N4OS/c1-3-11-27(12-4-1)39-44-40(29-21-20-26-19-18-25-10-7-8-15-30(25)32(26)22-29)46-41(45-39)31-16-9-17-35-38(31)33-23-37-34(24-36(33)47-35)43-42(48-37)28-13-5-2-6-14-28/h1-24H. The topological polar surface area (TPSA) is 64.7 Å². The number of thiazole rings is 1. The summed E-state index contributed by atoms with van der Waals surface area (Å²) in [6.07, 6.45) is 0. The summed E-state index contributed by atoms with van der Waals surface area (Å²) in [5, 5.41) is 7.72. The minimum atomic E-state index is 0.597. The first-order chi connectivity index (χ1) is 23.7. The first-order valence-electron chi connectivity index (χ1n) is 15.8. The van der Waals surface area contributed by atoms with Gasteiger partial charge in [-0.3, -0.25) is 0 Å². The smallest absolute Gasteiger partial charge is 0.164 e. The summed E-state index contributed by atoms with van der Waals surface area (Å²) in [6.45, 7) is 0. The summed E-state index contributed by atoms with van der Waals surface area (Å²) >= 11 is 1.69. The van der Waals surface area contributed by atoms with Crippen molar-refractivity contribution in [2.75, 3.05) is 0 Å². The zero-order valence-corrected chi connectivity index (χ0v) is 26.3. The Morgan fingerprint density at radius 3 is 1.96 bits per heavy atom. The number of furan rings is 1. The van der Waals surface area contributed by atoms with Crippen LogP contribution in [0.25, 0.3) is 98.4 Å². The van der Waals surface area contributed by atoms with Crippen molar-refractivity contribution in [2.24, 2.45) is 0 Å². The average molecular weight is 633 g/mol. The van der Waals surface area contributed by atoms with E-state index in [9.17, 15) is 0 Å². The molecule has 0 aliphatic heterocycles. The van der Waals surface area contributed by atoms with E-state index in [4.69, 9.17) is 24.4 Å². The van der Waals surface area contributed by atoms with Gasteiger partial charge in [-0.15, -0.1) is 11.3 Å². The van der Waals surface area contributed by atoms with Crippen molar-refractivity contribution < 1.29 is 4.42 Å². The van der Waals surface area contributed by atoms with Gasteiger partial charge in [0.05, 0.1) is 10.2 Å². The van der Waals surface area contributed by atoms with E-state index in [2.05, 4.69) is 78.9 Å². The molecule has 0 atom stereocenters. The Bertz CT molecular complexity index is 2840. The van der Waals surface area contributed by atoms with E-state index in [1.165, 1.54) is 21.5 Å². The Morgan fingerprint density at radius 2 is 1.12 bits per heavy atom. The van der Waals surface area contributed by atoms with Crippen molar-refractivity contribution in [3.8, 4) is 44.7 Å². The molecule has 3 aromatic heterocycles. The number of rotatable bonds is 4. The fourth-order valence-electron chi connectivity index (χ4n) is 6.62. The Hall–Kier alpha value is -6.24. The van der Waals surface area contributed by atoms with Gasteiger partial charge in [0.25, 0.3) is 0 Å². The van der Waals surface area contributed by atoms with E-state index < -0.39 is 0 Å². The molecule has 0 amide bonds. The largest absolute Gasteiger partial charge is 0.456 e. The molecule has 48 heavy (non-hydrogen) atoms. The highest BCUT2D eigenvalue weighted by Gasteiger charge is 2.19. The lowest BCUT2D eigenvalue weighted by atomic mass is 9.99. The molecule has 0 saturated carbocycles. The van der Waals surface area contributed by atoms with E-state index in [0.717, 1.165) is 59.4 Å². The number of hydrogen-bond donors (Lipinski definition) is 0. The maximum Gasteiger partial charge on any atom is 0.164 e. The van der Waals surface area contributed by atoms with Gasteiger partial charge >= 0.3 is 0 Å². The first-order valence-corrected chi connectivity index (χ1v) is 16.6. The lowest BCUT2D eigenvalue weighted by Crippen LogP contribution is -2.00. The van der Waals surface area contributed by atoms with Gasteiger partial charge in [0.1, 0.15) is 16.2 Å². The molecule has 0 N–H and O–H groups in total. The lowest BCUT2D eigenvalue weighted by molar-refractivity contribution is 0.669. The average Bonchev–Trinajstić information content (AvgIpc) is 3.74. The molecule has 0 bridgehead atoms. The second-order valence-electron chi connectivity index (χ2n) is 11.9. The van der Waals surface area contributed by atoms with E-state index in [-0.39, 0.29) is 0 Å². The van der Waals surface area contributed by atoms with Gasteiger partial charge in [-0.05, 0) is 39.7 Å². The monoisotopic (exact) mass is 632 g/mol. The van der Waals surface area contributed by atoms with Crippen LogP contribution in [0.1, 0.15) is 0 Å². The quantitative estimate of drug-likeness (QED) is 0.181. The lowest BCUT2D eigenvalue weighted by Gasteiger charge is -2.10. The second-order valence-corrected chi connectivity index (χ2v) is 12.9. The van der Waals surface area contributed by atoms with Crippen molar-refractivity contribution in [3.05, 3.63) is 146 Å². The molecule has 0 saturated heterocycles. The van der Waals surface area contributed by atoms with E-state index in [1.807, 2.05) is 66.7 Å². The molecule has 7 aromatic carbocycles. The highest BCUT2D eigenvalue weighted by Crippen LogP contribution is 2.40. The number of benzene rings is 7. The molecule has 0 unspecified atom stereocenters. The molecule has 6 heteroatoms. The van der Waals surface area contributed by atoms with Crippen molar-refractivity contribution in [2.45, 2.75) is 0 Å². The number of fused-ring (bicyclic) bond motifs is 7. The summed E-state index contributed by atoms with van der Waals surface area (Å²) in [5.41, 5.74) is 6.35. The summed E-state index contributed by atoms with van der Waals surface area (Å²) in [5.74, 6) is 1.84. The van der Waals surface area contributed by atoms with Gasteiger partial charge in [0.2, 0.25) is 0 Å². The Balaban J connectivity index is 1.20. The number of aromatic nitrogens is 4. The molecular formula is C42H24N4OS. The van der Waals surface area contributed by atoms with Gasteiger partial charge in [-0.25, -0.2) is 19.9 Å². The van der Waals surface area contributed by atoms with Crippen molar-refractivity contribution in [1.29, 1.82) is 0 Å². The normalized spacial score (nSPS) is 11.8. The van der Waals surface area contributed by atoms with Gasteiger partial charge in [0.15, 0.2) is 17.5 Å². The molecule has 5 nitrogen and oxygen atoms in total. The molecule has 0 fully saturated rings. The van der Waals surface area contributed by atoms with Crippen LogP contribution in [0.2, 0.25) is 0 Å². The van der Waals surface area contributed by atoms with Gasteiger partial charge in [0, 0.05) is 39.1 Å². The molecule has 0 aliphatic rings. The van der Waals surface area contributed by atoms with Gasteiger partial charge in [-0.2, -0.15) is 0 Å². The van der Waals surface area contributed by atoms with Crippen LogP contribution >= 0.6 is 11.3 Å². The van der Waals surface area contributed by atoms with Crippen LogP contribution in [-0.2, 0) is 0 Å². The maximum atomic E-state index is 6.45. The third-order valence-electron chi connectivity index (χ3n) is 8.94. The fourth-order valence-corrected chi connectivity index (χ4v) is 7.61. The minimum absolute atomic E-state index is 0.597. The van der Waals surface area contributed by atoms with Gasteiger partial charge in [-0.1, -0.05) is 121 Å². The summed E-state index contributed by atoms with van der Waals surface area (Å²) in [4.78, 5) is 20.2. The van der Waals surface area contributed by atoms with Gasteiger partial charge < -0.3 is 4.42 Å². The third kappa shape index (κ3) is 4.38. The van der Waals surface area contributed by atoms with Crippen LogP contribution < -0.4 is 0 Å². The molecule has 224 valence electrons. The molecule has 0 spiro atoms. The van der Waals surface area contributed by atoms with Crippen molar-refractivity contribution in [1.82, 2.24) is 19.9 Å². The van der Waals surface area contributed by atoms with Crippen LogP contribution in [0.4, 0.5) is 0 Å². The maximum absolute atomic E-state index is 6.45. The molecule has 3 heterocycles. The zero-order valence-electron chi connectivity index (χ0n) is 25.5. The van der Waals surface area contributed by atoms with E-state index >= 15 is 0 Å². The fraction of sp³-hybridized carbons (Fsp3) is 0. The molecular weight excluding hydrogens is 609 g/mol. The summed E-state index contributed by atoms with van der Waals surface area (Å²) in [7, 11) is 0. The molecule has 10 rings (SSSR count). The molecule has 0 aliphatic carbocycles. The Labute approximate surface area is 278 Å².